The number of aromatic amines is 1. The summed E-state index contributed by atoms with van der Waals surface area (Å²) in [5, 5.41) is 8.12. The van der Waals surface area contributed by atoms with Gasteiger partial charge >= 0.3 is 0 Å². The first kappa shape index (κ1) is 23.0. The summed E-state index contributed by atoms with van der Waals surface area (Å²) in [4.78, 5) is 18.1. The van der Waals surface area contributed by atoms with Gasteiger partial charge in [-0.05, 0) is 49.2 Å². The number of oxazole rings is 1. The molecule has 1 fully saturated rings. The summed E-state index contributed by atoms with van der Waals surface area (Å²) in [6.07, 6.45) is 4.92. The van der Waals surface area contributed by atoms with Gasteiger partial charge in [-0.15, -0.1) is 6.58 Å². The van der Waals surface area contributed by atoms with Gasteiger partial charge in [0.2, 0.25) is 11.8 Å². The number of carbonyl (C=O) groups excluding carboxylic acids is 1. The second kappa shape index (κ2) is 10.1. The van der Waals surface area contributed by atoms with E-state index in [0.717, 1.165) is 38.7 Å². The molecule has 6 heteroatoms. The Balaban J connectivity index is 0.000000536. The highest BCUT2D eigenvalue weighted by atomic mass is 16.3. The van der Waals surface area contributed by atoms with Crippen LogP contribution in [0.2, 0.25) is 0 Å². The molecule has 1 saturated heterocycles. The van der Waals surface area contributed by atoms with Gasteiger partial charge in [-0.1, -0.05) is 38.6 Å². The van der Waals surface area contributed by atoms with Crippen LogP contribution in [0.1, 0.15) is 37.8 Å². The van der Waals surface area contributed by atoms with Gasteiger partial charge in [0.05, 0.1) is 17.3 Å². The van der Waals surface area contributed by atoms with Gasteiger partial charge in [0, 0.05) is 24.4 Å². The molecular weight excluding hydrogens is 400 g/mol. The number of likely N-dealkylation sites (tertiary alicyclic amines) is 1. The predicted octanol–water partition coefficient (Wildman–Crippen LogP) is 6.01. The molecule has 0 unspecified atom stereocenters. The minimum atomic E-state index is -0.0158. The topological polar surface area (TPSA) is 75.0 Å². The highest BCUT2D eigenvalue weighted by Crippen LogP contribution is 2.34. The zero-order valence-electron chi connectivity index (χ0n) is 19.2. The molecule has 32 heavy (non-hydrogen) atoms. The summed E-state index contributed by atoms with van der Waals surface area (Å²) in [7, 11) is 0. The van der Waals surface area contributed by atoms with Crippen molar-refractivity contribution < 1.29 is 9.21 Å². The van der Waals surface area contributed by atoms with Crippen molar-refractivity contribution in [2.24, 2.45) is 0 Å². The van der Waals surface area contributed by atoms with Crippen LogP contribution in [0.3, 0.4) is 0 Å². The molecule has 4 aromatic rings. The molecule has 1 amide bonds. The largest absolute Gasteiger partial charge is 0.436 e. The minimum absolute atomic E-state index is 0.0158. The van der Waals surface area contributed by atoms with Crippen molar-refractivity contribution in [1.29, 1.82) is 0 Å². The molecule has 0 aliphatic carbocycles. The lowest BCUT2D eigenvalue weighted by Crippen LogP contribution is -2.47. The van der Waals surface area contributed by atoms with Crippen LogP contribution in [0.15, 0.2) is 66.3 Å². The van der Waals surface area contributed by atoms with Crippen molar-refractivity contribution in [2.45, 2.75) is 33.6 Å². The molecule has 3 heterocycles. The van der Waals surface area contributed by atoms with Gasteiger partial charge in [-0.25, -0.2) is 4.98 Å². The molecule has 0 saturated carbocycles. The summed E-state index contributed by atoms with van der Waals surface area (Å²) in [5.74, 6) is 0.910. The monoisotopic (exact) mass is 430 g/mol. The van der Waals surface area contributed by atoms with Crippen molar-refractivity contribution in [3.05, 3.63) is 73.0 Å². The van der Waals surface area contributed by atoms with Gasteiger partial charge in [-0.3, -0.25) is 9.89 Å². The maximum Gasteiger partial charge on any atom is 0.245 e. The number of aromatic nitrogens is 3. The number of amides is 1. The van der Waals surface area contributed by atoms with Crippen molar-refractivity contribution >= 4 is 27.9 Å². The van der Waals surface area contributed by atoms with Crippen LogP contribution < -0.4 is 0 Å². The number of hydrogen-bond donors (Lipinski definition) is 1. The van der Waals surface area contributed by atoms with Crippen LogP contribution in [0.25, 0.3) is 33.5 Å². The maximum atomic E-state index is 11.6. The summed E-state index contributed by atoms with van der Waals surface area (Å²) in [5.41, 5.74) is 5.76. The summed E-state index contributed by atoms with van der Waals surface area (Å²) < 4.78 is 6.12. The Morgan fingerprint density at radius 2 is 1.94 bits per heavy atom. The van der Waals surface area contributed by atoms with E-state index in [1.165, 1.54) is 6.08 Å². The van der Waals surface area contributed by atoms with E-state index in [-0.39, 0.29) is 5.91 Å². The smallest absolute Gasteiger partial charge is 0.245 e. The Kier molecular flexibility index (Phi) is 7.25. The van der Waals surface area contributed by atoms with Gasteiger partial charge in [0.25, 0.3) is 0 Å². The SMILES string of the molecule is C=CC.C=CC(=O)N1CC(c2ccc3nc(-c4c(C)ccc5[nH]ncc45)oc3c2)C1.CC. The van der Waals surface area contributed by atoms with Crippen molar-refractivity contribution in [2.75, 3.05) is 13.1 Å². The van der Waals surface area contributed by atoms with E-state index in [1.807, 2.05) is 52.0 Å². The maximum absolute atomic E-state index is 11.6. The third-order valence-corrected chi connectivity index (χ3v) is 5.30. The molecule has 2 aromatic carbocycles. The molecular formula is C26H30N4O2. The lowest BCUT2D eigenvalue weighted by Gasteiger charge is -2.38. The second-order valence-corrected chi connectivity index (χ2v) is 7.39. The summed E-state index contributed by atoms with van der Waals surface area (Å²) in [6, 6.07) is 10.1. The quantitative estimate of drug-likeness (QED) is 0.319. The van der Waals surface area contributed by atoms with Gasteiger partial charge in [-0.2, -0.15) is 5.10 Å². The van der Waals surface area contributed by atoms with Crippen LogP contribution in [0, 0.1) is 6.92 Å². The van der Waals surface area contributed by atoms with E-state index in [2.05, 4.69) is 34.4 Å². The molecule has 1 aliphatic rings. The van der Waals surface area contributed by atoms with Crippen LogP contribution in [0.5, 0.6) is 0 Å². The first-order valence-corrected chi connectivity index (χ1v) is 10.9. The molecule has 0 bridgehead atoms. The Morgan fingerprint density at radius 3 is 2.62 bits per heavy atom. The number of hydrogen-bond acceptors (Lipinski definition) is 4. The number of aryl methyl sites for hydroxylation is 1. The normalized spacial score (nSPS) is 12.9. The molecule has 6 nitrogen and oxygen atoms in total. The third kappa shape index (κ3) is 4.35. The number of rotatable bonds is 3. The fraction of sp³-hybridized carbons (Fsp3) is 0.269. The van der Waals surface area contributed by atoms with Crippen molar-refractivity contribution in [3.63, 3.8) is 0 Å². The zero-order valence-corrected chi connectivity index (χ0v) is 19.2. The number of H-pyrrole nitrogens is 1. The second-order valence-electron chi connectivity index (χ2n) is 7.39. The Hall–Kier alpha value is -3.67. The zero-order chi connectivity index (χ0) is 23.3. The van der Waals surface area contributed by atoms with Crippen molar-refractivity contribution in [3.8, 4) is 11.5 Å². The van der Waals surface area contributed by atoms with E-state index >= 15 is 0 Å². The number of benzene rings is 2. The molecule has 0 radical (unpaired) electrons. The van der Waals surface area contributed by atoms with Gasteiger partial charge in [0.15, 0.2) is 5.58 Å². The molecule has 1 N–H and O–H groups in total. The number of nitrogens with one attached hydrogen (secondary N) is 1. The van der Waals surface area contributed by atoms with E-state index in [9.17, 15) is 4.79 Å². The number of nitrogens with zero attached hydrogens (tertiary/aromatic N) is 3. The van der Waals surface area contributed by atoms with Crippen LogP contribution in [-0.4, -0.2) is 39.1 Å². The lowest BCUT2D eigenvalue weighted by atomic mass is 9.91. The Bertz CT molecular complexity index is 1250. The Labute approximate surface area is 188 Å². The highest BCUT2D eigenvalue weighted by molar-refractivity contribution is 5.95. The van der Waals surface area contributed by atoms with E-state index in [0.29, 0.717) is 24.9 Å². The standard InChI is InChI=1S/C21H18N4O2.C3H6.C2H6/c1-3-19(26)25-10-14(11-25)13-5-7-17-18(8-13)27-21(23-17)20-12(2)4-6-16-15(20)9-22-24-16;1-3-2;1-2/h3-9,14H,1,10-11H2,2H3,(H,22,24);3H,1H2,2H3;1-2H3. The Morgan fingerprint density at radius 1 is 1.22 bits per heavy atom. The molecule has 0 atom stereocenters. The lowest BCUT2D eigenvalue weighted by molar-refractivity contribution is -0.130. The van der Waals surface area contributed by atoms with Gasteiger partial charge < -0.3 is 9.32 Å². The molecule has 0 spiro atoms. The number of allylic oxidation sites excluding steroid dienone is 1. The van der Waals surface area contributed by atoms with E-state index < -0.39 is 0 Å². The summed E-state index contributed by atoms with van der Waals surface area (Å²) >= 11 is 0. The van der Waals surface area contributed by atoms with Crippen LogP contribution in [-0.2, 0) is 4.79 Å². The van der Waals surface area contributed by atoms with Crippen LogP contribution >= 0.6 is 0 Å². The fourth-order valence-electron chi connectivity index (χ4n) is 3.71. The minimum Gasteiger partial charge on any atom is -0.436 e. The van der Waals surface area contributed by atoms with Gasteiger partial charge in [0.1, 0.15) is 5.52 Å². The molecule has 5 rings (SSSR count). The number of carbonyl (C=O) groups is 1. The molecule has 166 valence electrons. The highest BCUT2D eigenvalue weighted by Gasteiger charge is 2.30. The van der Waals surface area contributed by atoms with E-state index in [4.69, 9.17) is 4.42 Å². The average molecular weight is 431 g/mol. The van der Waals surface area contributed by atoms with Crippen molar-refractivity contribution in [1.82, 2.24) is 20.1 Å². The van der Waals surface area contributed by atoms with E-state index in [1.54, 1.807) is 17.2 Å². The number of fused-ring (bicyclic) bond motifs is 2. The first-order chi connectivity index (χ1) is 15.5. The third-order valence-electron chi connectivity index (χ3n) is 5.30. The predicted molar refractivity (Wildman–Crippen MR) is 131 cm³/mol. The molecule has 2 aromatic heterocycles. The fourth-order valence-corrected chi connectivity index (χ4v) is 3.71. The average Bonchev–Trinajstić information content (AvgIpc) is 3.41. The van der Waals surface area contributed by atoms with Crippen LogP contribution in [0.4, 0.5) is 0 Å². The summed E-state index contributed by atoms with van der Waals surface area (Å²) in [6.45, 7) is 16.3. The molecule has 1 aliphatic heterocycles. The first-order valence-electron chi connectivity index (χ1n) is 10.9.